The molecular formula is C22H27N5O5. The number of aliphatic hydroxyl groups is 1. The summed E-state index contributed by atoms with van der Waals surface area (Å²) in [6.45, 7) is 1.93. The van der Waals surface area contributed by atoms with Crippen LogP contribution in [0.1, 0.15) is 18.9 Å². The number of aliphatic hydroxyl groups excluding tert-OH is 1. The molecule has 1 atom stereocenters. The zero-order valence-electron chi connectivity index (χ0n) is 18.4. The van der Waals surface area contributed by atoms with Crippen LogP contribution in [-0.2, 0) is 11.3 Å². The molecule has 0 fully saturated rings. The SMILES string of the molecule is COc1ccc(CNc2nc(NNC(=O)CC(C)O)c3cccc(OC)c3n2)c(OC)c1. The van der Waals surface area contributed by atoms with Crippen LogP contribution >= 0.6 is 0 Å². The van der Waals surface area contributed by atoms with Crippen molar-refractivity contribution in [3.05, 3.63) is 42.0 Å². The molecule has 0 saturated heterocycles. The minimum atomic E-state index is -0.754. The van der Waals surface area contributed by atoms with Crippen molar-refractivity contribution in [3.63, 3.8) is 0 Å². The highest BCUT2D eigenvalue weighted by atomic mass is 16.5. The number of rotatable bonds is 10. The summed E-state index contributed by atoms with van der Waals surface area (Å²) < 4.78 is 16.1. The first-order valence-corrected chi connectivity index (χ1v) is 9.97. The van der Waals surface area contributed by atoms with E-state index in [1.165, 1.54) is 0 Å². The van der Waals surface area contributed by atoms with Gasteiger partial charge in [-0.15, -0.1) is 0 Å². The van der Waals surface area contributed by atoms with E-state index in [9.17, 15) is 9.90 Å². The fourth-order valence-electron chi connectivity index (χ4n) is 3.09. The molecule has 10 heteroatoms. The molecule has 3 rings (SSSR count). The topological polar surface area (TPSA) is 127 Å². The van der Waals surface area contributed by atoms with Gasteiger partial charge in [-0.1, -0.05) is 6.07 Å². The quantitative estimate of drug-likeness (QED) is 0.351. The molecule has 4 N–H and O–H groups in total. The zero-order valence-corrected chi connectivity index (χ0v) is 18.4. The van der Waals surface area contributed by atoms with Crippen molar-refractivity contribution in [2.75, 3.05) is 32.1 Å². The number of hydrogen-bond acceptors (Lipinski definition) is 9. The van der Waals surface area contributed by atoms with Crippen molar-refractivity contribution >= 4 is 28.6 Å². The highest BCUT2D eigenvalue weighted by Gasteiger charge is 2.14. The Morgan fingerprint density at radius 3 is 2.53 bits per heavy atom. The third-order valence-electron chi connectivity index (χ3n) is 4.64. The number of hydrazine groups is 1. The number of methoxy groups -OCH3 is 3. The number of benzene rings is 2. The molecular weight excluding hydrogens is 414 g/mol. The lowest BCUT2D eigenvalue weighted by Crippen LogP contribution is -2.32. The first-order valence-electron chi connectivity index (χ1n) is 9.97. The molecule has 0 aliphatic rings. The summed E-state index contributed by atoms with van der Waals surface area (Å²) in [7, 11) is 4.74. The van der Waals surface area contributed by atoms with E-state index >= 15 is 0 Å². The summed E-state index contributed by atoms with van der Waals surface area (Å²) in [6, 6.07) is 10.9. The van der Waals surface area contributed by atoms with E-state index in [0.717, 1.165) is 5.56 Å². The van der Waals surface area contributed by atoms with Crippen LogP contribution in [0, 0.1) is 0 Å². The largest absolute Gasteiger partial charge is 0.497 e. The number of carbonyl (C=O) groups is 1. The second-order valence-corrected chi connectivity index (χ2v) is 7.01. The lowest BCUT2D eigenvalue weighted by atomic mass is 10.2. The van der Waals surface area contributed by atoms with Gasteiger partial charge in [-0.05, 0) is 31.2 Å². The van der Waals surface area contributed by atoms with Crippen LogP contribution in [0.25, 0.3) is 10.9 Å². The molecule has 32 heavy (non-hydrogen) atoms. The molecule has 0 bridgehead atoms. The molecule has 3 aromatic rings. The number of ether oxygens (including phenoxy) is 3. The number of nitrogens with zero attached hydrogens (tertiary/aromatic N) is 2. The number of amides is 1. The number of anilines is 2. The number of fused-ring (bicyclic) bond motifs is 1. The van der Waals surface area contributed by atoms with Gasteiger partial charge in [-0.25, -0.2) is 4.98 Å². The Kier molecular flexibility index (Phi) is 7.50. The van der Waals surface area contributed by atoms with Crippen LogP contribution in [-0.4, -0.2) is 48.4 Å². The van der Waals surface area contributed by atoms with Crippen molar-refractivity contribution in [1.82, 2.24) is 15.4 Å². The summed E-state index contributed by atoms with van der Waals surface area (Å²) in [6.07, 6.45) is -0.794. The van der Waals surface area contributed by atoms with Gasteiger partial charge in [0, 0.05) is 23.6 Å². The summed E-state index contributed by atoms with van der Waals surface area (Å²) in [4.78, 5) is 21.0. The maximum atomic E-state index is 12.0. The average molecular weight is 441 g/mol. The van der Waals surface area contributed by atoms with E-state index in [-0.39, 0.29) is 12.3 Å². The van der Waals surface area contributed by atoms with Crippen molar-refractivity contribution in [3.8, 4) is 17.2 Å². The van der Waals surface area contributed by atoms with Gasteiger partial charge in [0.2, 0.25) is 11.9 Å². The van der Waals surface area contributed by atoms with E-state index < -0.39 is 6.10 Å². The highest BCUT2D eigenvalue weighted by Crippen LogP contribution is 2.30. The Hall–Kier alpha value is -3.79. The Morgan fingerprint density at radius 1 is 1.06 bits per heavy atom. The summed E-state index contributed by atoms with van der Waals surface area (Å²) >= 11 is 0. The van der Waals surface area contributed by atoms with E-state index in [4.69, 9.17) is 14.2 Å². The highest BCUT2D eigenvalue weighted by molar-refractivity contribution is 5.94. The van der Waals surface area contributed by atoms with Gasteiger partial charge in [0.25, 0.3) is 0 Å². The molecule has 170 valence electrons. The third kappa shape index (κ3) is 5.46. The van der Waals surface area contributed by atoms with Gasteiger partial charge in [0.15, 0.2) is 5.82 Å². The maximum absolute atomic E-state index is 12.0. The van der Waals surface area contributed by atoms with Crippen LogP contribution in [0.3, 0.4) is 0 Å². The van der Waals surface area contributed by atoms with E-state index in [0.29, 0.717) is 46.5 Å². The molecule has 0 saturated carbocycles. The zero-order chi connectivity index (χ0) is 23.1. The molecule has 1 heterocycles. The Balaban J connectivity index is 1.89. The van der Waals surface area contributed by atoms with Gasteiger partial charge in [0.1, 0.15) is 22.8 Å². The van der Waals surface area contributed by atoms with Crippen molar-refractivity contribution < 1.29 is 24.1 Å². The predicted molar refractivity (Wildman–Crippen MR) is 121 cm³/mol. The number of nitrogens with one attached hydrogen (secondary N) is 3. The van der Waals surface area contributed by atoms with Crippen LogP contribution < -0.4 is 30.4 Å². The van der Waals surface area contributed by atoms with Crippen LogP contribution in [0.2, 0.25) is 0 Å². The number of para-hydroxylation sites is 1. The molecule has 1 aromatic heterocycles. The molecule has 0 radical (unpaired) electrons. The number of aromatic nitrogens is 2. The van der Waals surface area contributed by atoms with Crippen LogP contribution in [0.5, 0.6) is 17.2 Å². The molecule has 1 unspecified atom stereocenters. The van der Waals surface area contributed by atoms with E-state index in [1.807, 2.05) is 24.3 Å². The van der Waals surface area contributed by atoms with E-state index in [2.05, 4.69) is 26.1 Å². The summed E-state index contributed by atoms with van der Waals surface area (Å²) in [5, 5.41) is 13.2. The van der Waals surface area contributed by atoms with Gasteiger partial charge in [-0.2, -0.15) is 4.98 Å². The molecule has 1 amide bonds. The fourth-order valence-corrected chi connectivity index (χ4v) is 3.09. The van der Waals surface area contributed by atoms with Crippen molar-refractivity contribution in [1.29, 1.82) is 0 Å². The minimum Gasteiger partial charge on any atom is -0.497 e. The molecule has 2 aromatic carbocycles. The van der Waals surface area contributed by atoms with Crippen molar-refractivity contribution in [2.45, 2.75) is 26.0 Å². The molecule has 10 nitrogen and oxygen atoms in total. The predicted octanol–water partition coefficient (Wildman–Crippen LogP) is 2.48. The normalized spacial score (nSPS) is 11.5. The monoisotopic (exact) mass is 441 g/mol. The van der Waals surface area contributed by atoms with Gasteiger partial charge >= 0.3 is 0 Å². The van der Waals surface area contributed by atoms with Gasteiger partial charge in [0.05, 0.1) is 33.9 Å². The Bertz CT molecular complexity index is 1090. The van der Waals surface area contributed by atoms with Crippen LogP contribution in [0.4, 0.5) is 11.8 Å². The Labute approximate surface area is 185 Å². The minimum absolute atomic E-state index is 0.0400. The number of carbonyl (C=O) groups excluding carboxylic acids is 1. The second kappa shape index (κ2) is 10.5. The lowest BCUT2D eigenvalue weighted by Gasteiger charge is -2.15. The molecule has 0 aliphatic heterocycles. The second-order valence-electron chi connectivity index (χ2n) is 7.01. The Morgan fingerprint density at radius 2 is 1.84 bits per heavy atom. The van der Waals surface area contributed by atoms with Crippen molar-refractivity contribution in [2.24, 2.45) is 0 Å². The first kappa shape index (κ1) is 22.9. The molecule has 0 aliphatic carbocycles. The third-order valence-corrected chi connectivity index (χ3v) is 4.64. The maximum Gasteiger partial charge on any atom is 0.240 e. The standard InChI is InChI=1S/C22H27N5O5/c1-13(28)10-19(29)26-27-21-16-6-5-7-17(31-3)20(16)24-22(25-21)23-12-14-8-9-15(30-2)11-18(14)32-4/h5-9,11,13,28H,10,12H2,1-4H3,(H,26,29)(H2,23,24,25,27). The van der Waals surface area contributed by atoms with Gasteiger partial charge < -0.3 is 24.6 Å². The van der Waals surface area contributed by atoms with Gasteiger partial charge in [-0.3, -0.25) is 15.6 Å². The summed E-state index contributed by atoms with van der Waals surface area (Å²) in [5.41, 5.74) is 6.83. The number of hydrogen-bond donors (Lipinski definition) is 4. The molecule has 0 spiro atoms. The average Bonchev–Trinajstić information content (AvgIpc) is 2.80. The fraction of sp³-hybridized carbons (Fsp3) is 0.318. The first-order chi connectivity index (χ1) is 15.4. The smallest absolute Gasteiger partial charge is 0.240 e. The summed E-state index contributed by atoms with van der Waals surface area (Å²) in [5.74, 6) is 2.26. The lowest BCUT2D eigenvalue weighted by molar-refractivity contribution is -0.122. The van der Waals surface area contributed by atoms with E-state index in [1.54, 1.807) is 40.4 Å². The van der Waals surface area contributed by atoms with Crippen LogP contribution in [0.15, 0.2) is 36.4 Å².